The summed E-state index contributed by atoms with van der Waals surface area (Å²) in [6, 6.07) is 15.5. The molecule has 26 heavy (non-hydrogen) atoms. The van der Waals surface area contributed by atoms with Crippen molar-refractivity contribution in [2.45, 2.75) is 13.0 Å². The Balaban J connectivity index is 1.43. The number of ether oxygens (including phenoxy) is 1. The second-order valence-electron chi connectivity index (χ2n) is 6.29. The predicted molar refractivity (Wildman–Crippen MR) is 101 cm³/mol. The summed E-state index contributed by atoms with van der Waals surface area (Å²) in [6.07, 6.45) is 2.36. The summed E-state index contributed by atoms with van der Waals surface area (Å²) in [5.41, 5.74) is 2.43. The fourth-order valence-corrected chi connectivity index (χ4v) is 3.13. The molecule has 6 nitrogen and oxygen atoms in total. The number of nitrogens with one attached hydrogen (secondary N) is 1. The van der Waals surface area contributed by atoms with E-state index in [1.165, 1.54) is 0 Å². The number of hydrogen-bond acceptors (Lipinski definition) is 3. The quantitative estimate of drug-likeness (QED) is 0.787. The molecular weight excluding hydrogens is 330 g/mol. The number of rotatable bonds is 4. The van der Waals surface area contributed by atoms with Crippen LogP contribution in [0.1, 0.15) is 6.42 Å². The van der Waals surface area contributed by atoms with Gasteiger partial charge in [0, 0.05) is 37.4 Å². The Kier molecular flexibility index (Phi) is 4.08. The third-order valence-corrected chi connectivity index (χ3v) is 4.59. The summed E-state index contributed by atoms with van der Waals surface area (Å²) in [6.45, 7) is 0.645. The second-order valence-corrected chi connectivity index (χ2v) is 6.29. The topological polar surface area (TPSA) is 63.6 Å². The summed E-state index contributed by atoms with van der Waals surface area (Å²) in [5, 5.41) is 4.05. The van der Waals surface area contributed by atoms with E-state index in [1.54, 1.807) is 30.1 Å². The zero-order valence-electron chi connectivity index (χ0n) is 14.4. The minimum Gasteiger partial charge on any atom is -0.482 e. The van der Waals surface area contributed by atoms with Crippen LogP contribution in [-0.4, -0.2) is 30.0 Å². The first-order valence-electron chi connectivity index (χ1n) is 8.49. The molecule has 0 bridgehead atoms. The second kappa shape index (κ2) is 6.55. The standard InChI is InChI=1S/C20H19N3O3/c1-22-17-12-15(6-7-18(17)26-13-20(22)25)21-19(24)9-11-23-10-8-14-4-2-3-5-16(14)23/h2-8,10,12H,9,11,13H2,1H3,(H,21,24). The Hall–Kier alpha value is -3.28. The summed E-state index contributed by atoms with van der Waals surface area (Å²) >= 11 is 0. The first-order chi connectivity index (χ1) is 12.6. The first kappa shape index (κ1) is 16.2. The van der Waals surface area contributed by atoms with Gasteiger partial charge >= 0.3 is 0 Å². The lowest BCUT2D eigenvalue weighted by atomic mass is 10.2. The van der Waals surface area contributed by atoms with Crippen LogP contribution < -0.4 is 15.0 Å². The molecule has 0 atom stereocenters. The van der Waals surface area contributed by atoms with Gasteiger partial charge < -0.3 is 19.5 Å². The van der Waals surface area contributed by atoms with Crippen molar-refractivity contribution in [3.63, 3.8) is 0 Å². The van der Waals surface area contributed by atoms with Crippen molar-refractivity contribution < 1.29 is 14.3 Å². The lowest BCUT2D eigenvalue weighted by molar-refractivity contribution is -0.121. The molecule has 132 valence electrons. The molecule has 0 unspecified atom stereocenters. The molecule has 0 aliphatic carbocycles. The fourth-order valence-electron chi connectivity index (χ4n) is 3.13. The van der Waals surface area contributed by atoms with Crippen LogP contribution in [0.3, 0.4) is 0 Å². The van der Waals surface area contributed by atoms with E-state index in [0.29, 0.717) is 30.1 Å². The van der Waals surface area contributed by atoms with Gasteiger partial charge in [-0.05, 0) is 35.7 Å². The van der Waals surface area contributed by atoms with Gasteiger partial charge in [0.25, 0.3) is 5.91 Å². The highest BCUT2D eigenvalue weighted by atomic mass is 16.5. The number of carbonyl (C=O) groups is 2. The Morgan fingerprint density at radius 3 is 2.92 bits per heavy atom. The van der Waals surface area contributed by atoms with Crippen LogP contribution in [0.5, 0.6) is 5.75 Å². The maximum Gasteiger partial charge on any atom is 0.264 e. The lowest BCUT2D eigenvalue weighted by Crippen LogP contribution is -2.35. The molecule has 4 rings (SSSR count). The molecule has 2 aromatic carbocycles. The van der Waals surface area contributed by atoms with Crippen LogP contribution in [0, 0.1) is 0 Å². The largest absolute Gasteiger partial charge is 0.482 e. The average Bonchev–Trinajstić information content (AvgIpc) is 3.07. The van der Waals surface area contributed by atoms with E-state index in [4.69, 9.17) is 4.74 Å². The smallest absolute Gasteiger partial charge is 0.264 e. The molecule has 2 heterocycles. The SMILES string of the molecule is CN1C(=O)COc2ccc(NC(=O)CCn3ccc4ccccc43)cc21. The zero-order chi connectivity index (χ0) is 18.1. The van der Waals surface area contributed by atoms with E-state index < -0.39 is 0 Å². The molecular formula is C20H19N3O3. The molecule has 0 radical (unpaired) electrons. The number of para-hydroxylation sites is 1. The van der Waals surface area contributed by atoms with Crippen LogP contribution in [0.25, 0.3) is 10.9 Å². The number of anilines is 2. The highest BCUT2D eigenvalue weighted by Gasteiger charge is 2.22. The molecule has 6 heteroatoms. The summed E-state index contributed by atoms with van der Waals surface area (Å²) in [7, 11) is 1.70. The van der Waals surface area contributed by atoms with Crippen LogP contribution in [-0.2, 0) is 16.1 Å². The monoisotopic (exact) mass is 349 g/mol. The van der Waals surface area contributed by atoms with Crippen LogP contribution >= 0.6 is 0 Å². The van der Waals surface area contributed by atoms with Crippen molar-refractivity contribution in [1.82, 2.24) is 4.57 Å². The van der Waals surface area contributed by atoms with Gasteiger partial charge in [0.05, 0.1) is 5.69 Å². The van der Waals surface area contributed by atoms with Crippen molar-refractivity contribution in [3.8, 4) is 5.75 Å². The van der Waals surface area contributed by atoms with Crippen molar-refractivity contribution >= 4 is 34.1 Å². The number of hydrogen-bond donors (Lipinski definition) is 1. The van der Waals surface area contributed by atoms with Crippen molar-refractivity contribution in [1.29, 1.82) is 0 Å². The van der Waals surface area contributed by atoms with Crippen molar-refractivity contribution in [3.05, 3.63) is 54.7 Å². The van der Waals surface area contributed by atoms with Crippen molar-refractivity contribution in [2.75, 3.05) is 23.9 Å². The normalized spacial score (nSPS) is 13.4. The number of aryl methyl sites for hydroxylation is 1. The maximum absolute atomic E-state index is 12.3. The molecule has 2 amide bonds. The fraction of sp³-hybridized carbons (Fsp3) is 0.200. The Morgan fingerprint density at radius 1 is 1.19 bits per heavy atom. The first-order valence-corrected chi connectivity index (χ1v) is 8.49. The van der Waals surface area contributed by atoms with Gasteiger partial charge in [0.2, 0.25) is 5.91 Å². The Morgan fingerprint density at radius 2 is 2.04 bits per heavy atom. The van der Waals surface area contributed by atoms with Gasteiger partial charge in [-0.1, -0.05) is 18.2 Å². The van der Waals surface area contributed by atoms with Crippen LogP contribution in [0.15, 0.2) is 54.7 Å². The summed E-state index contributed by atoms with van der Waals surface area (Å²) < 4.78 is 7.47. The van der Waals surface area contributed by atoms with E-state index in [9.17, 15) is 9.59 Å². The molecule has 0 fully saturated rings. The van der Waals surface area contributed by atoms with E-state index in [1.807, 2.05) is 30.5 Å². The minimum absolute atomic E-state index is 0.0417. The Bertz CT molecular complexity index is 993. The van der Waals surface area contributed by atoms with E-state index in [0.717, 1.165) is 10.9 Å². The van der Waals surface area contributed by atoms with Gasteiger partial charge in [-0.15, -0.1) is 0 Å². The van der Waals surface area contributed by atoms with Gasteiger partial charge in [-0.25, -0.2) is 0 Å². The third kappa shape index (κ3) is 3.01. The zero-order valence-corrected chi connectivity index (χ0v) is 14.4. The van der Waals surface area contributed by atoms with Crippen LogP contribution in [0.2, 0.25) is 0 Å². The van der Waals surface area contributed by atoms with Gasteiger partial charge in [0.15, 0.2) is 6.61 Å². The van der Waals surface area contributed by atoms with Crippen LogP contribution in [0.4, 0.5) is 11.4 Å². The number of nitrogens with zero attached hydrogens (tertiary/aromatic N) is 2. The lowest BCUT2D eigenvalue weighted by Gasteiger charge is -2.26. The highest BCUT2D eigenvalue weighted by molar-refractivity contribution is 5.99. The molecule has 1 aliphatic rings. The third-order valence-electron chi connectivity index (χ3n) is 4.59. The number of likely N-dealkylation sites (N-methyl/N-ethyl adjacent to an activating group) is 1. The summed E-state index contributed by atoms with van der Waals surface area (Å²) in [5.74, 6) is 0.456. The van der Waals surface area contributed by atoms with E-state index in [-0.39, 0.29) is 18.4 Å². The van der Waals surface area contributed by atoms with Crippen molar-refractivity contribution in [2.24, 2.45) is 0 Å². The molecule has 1 aliphatic heterocycles. The average molecular weight is 349 g/mol. The highest BCUT2D eigenvalue weighted by Crippen LogP contribution is 2.33. The molecule has 1 aromatic heterocycles. The van der Waals surface area contributed by atoms with Gasteiger partial charge in [-0.2, -0.15) is 0 Å². The number of benzene rings is 2. The van der Waals surface area contributed by atoms with E-state index in [2.05, 4.69) is 16.0 Å². The van der Waals surface area contributed by atoms with E-state index >= 15 is 0 Å². The molecule has 0 spiro atoms. The maximum atomic E-state index is 12.3. The Labute approximate surface area is 151 Å². The van der Waals surface area contributed by atoms with Gasteiger partial charge in [-0.3, -0.25) is 9.59 Å². The molecule has 1 N–H and O–H groups in total. The minimum atomic E-state index is -0.111. The van der Waals surface area contributed by atoms with Gasteiger partial charge in [0.1, 0.15) is 5.75 Å². The predicted octanol–water partition coefficient (Wildman–Crippen LogP) is 3.03. The molecule has 0 saturated heterocycles. The molecule has 0 saturated carbocycles. The number of aromatic nitrogens is 1. The number of fused-ring (bicyclic) bond motifs is 2. The summed E-state index contributed by atoms with van der Waals surface area (Å²) in [4.78, 5) is 25.6. The number of carbonyl (C=O) groups excluding carboxylic acids is 2. The number of amides is 2. The molecule has 3 aromatic rings.